The maximum atomic E-state index is 13.5. The second kappa shape index (κ2) is 14.9. The maximum Gasteiger partial charge on any atom is 0.272 e. The van der Waals surface area contributed by atoms with Crippen molar-refractivity contribution in [3.8, 4) is 6.07 Å². The zero-order chi connectivity index (χ0) is 31.8. The van der Waals surface area contributed by atoms with Gasteiger partial charge in [0.1, 0.15) is 16.8 Å². The van der Waals surface area contributed by atoms with Gasteiger partial charge in [0.25, 0.3) is 11.8 Å². The molecule has 1 unspecified atom stereocenters. The molecule has 5 rings (SSSR count). The predicted molar refractivity (Wildman–Crippen MR) is 182 cm³/mol. The van der Waals surface area contributed by atoms with Crippen molar-refractivity contribution in [2.45, 2.75) is 56.1 Å². The molecule has 0 saturated carbocycles. The van der Waals surface area contributed by atoms with Crippen LogP contribution in [0.1, 0.15) is 63.7 Å². The van der Waals surface area contributed by atoms with E-state index in [1.807, 2.05) is 62.4 Å². The monoisotopic (exact) mass is 634 g/mol. The smallest absolute Gasteiger partial charge is 0.272 e. The van der Waals surface area contributed by atoms with Crippen molar-refractivity contribution >= 4 is 57.6 Å². The first-order chi connectivity index (χ1) is 21.9. The summed E-state index contributed by atoms with van der Waals surface area (Å²) in [5.74, 6) is -1.02. The SMILES string of the molecule is CCC(Sc1cccc(NC(=O)/C(=C/c2ccccc2C)NC(=O)c2ccccc2)c1)C(=O)Nc1sc2c(c1C#N)CCCC2. The summed E-state index contributed by atoms with van der Waals surface area (Å²) in [6.45, 7) is 3.89. The lowest BCUT2D eigenvalue weighted by molar-refractivity contribution is -0.116. The van der Waals surface area contributed by atoms with Crippen LogP contribution in [-0.2, 0) is 22.4 Å². The Kier molecular flexibility index (Phi) is 10.5. The zero-order valence-corrected chi connectivity index (χ0v) is 26.8. The summed E-state index contributed by atoms with van der Waals surface area (Å²) in [4.78, 5) is 41.9. The van der Waals surface area contributed by atoms with Crippen LogP contribution in [0.25, 0.3) is 6.08 Å². The van der Waals surface area contributed by atoms with Gasteiger partial charge in [-0.15, -0.1) is 23.1 Å². The molecule has 45 heavy (non-hydrogen) atoms. The Bertz CT molecular complexity index is 1790. The summed E-state index contributed by atoms with van der Waals surface area (Å²) >= 11 is 2.92. The first kappa shape index (κ1) is 31.8. The second-order valence-corrected chi connectivity index (χ2v) is 13.1. The first-order valence-corrected chi connectivity index (χ1v) is 16.6. The molecule has 7 nitrogen and oxygen atoms in total. The largest absolute Gasteiger partial charge is 0.321 e. The van der Waals surface area contributed by atoms with E-state index in [9.17, 15) is 19.6 Å². The molecule has 3 aromatic carbocycles. The number of carbonyl (C=O) groups is 3. The molecule has 4 aromatic rings. The van der Waals surface area contributed by atoms with Crippen molar-refractivity contribution in [2.24, 2.45) is 0 Å². The van der Waals surface area contributed by atoms with Crippen molar-refractivity contribution < 1.29 is 14.4 Å². The van der Waals surface area contributed by atoms with Gasteiger partial charge in [-0.2, -0.15) is 5.26 Å². The molecule has 0 fully saturated rings. The standard InChI is InChI=1S/C36H34N4O3S2/c1-3-31(35(43)40-36-29(22-37)28-18-9-10-19-32(28)45-36)44-27-17-11-16-26(21-27)38-34(42)30(20-25-15-8-7-12-23(25)2)39-33(41)24-13-5-4-6-14-24/h4-8,11-17,20-21,31H,3,9-10,18-19H2,1-2H3,(H,38,42)(H,39,41)(H,40,43)/b30-20-. The van der Waals surface area contributed by atoms with E-state index in [2.05, 4.69) is 22.0 Å². The predicted octanol–water partition coefficient (Wildman–Crippen LogP) is 7.73. The second-order valence-electron chi connectivity index (χ2n) is 10.7. The molecule has 1 heterocycles. The zero-order valence-electron chi connectivity index (χ0n) is 25.2. The third-order valence-corrected chi connectivity index (χ3v) is 10.1. The molecule has 1 aromatic heterocycles. The van der Waals surface area contributed by atoms with Gasteiger partial charge in [-0.05, 0) is 92.1 Å². The average molecular weight is 635 g/mol. The van der Waals surface area contributed by atoms with Crippen molar-refractivity contribution in [1.82, 2.24) is 5.32 Å². The number of nitrogens with one attached hydrogen (secondary N) is 3. The number of aryl methyl sites for hydroxylation is 2. The Morgan fingerprint density at radius 1 is 0.978 bits per heavy atom. The van der Waals surface area contributed by atoms with Crippen molar-refractivity contribution in [1.29, 1.82) is 5.26 Å². The van der Waals surface area contributed by atoms with Gasteiger partial charge in [0.2, 0.25) is 5.91 Å². The molecule has 1 atom stereocenters. The minimum absolute atomic E-state index is 0.106. The molecule has 0 saturated heterocycles. The number of anilines is 2. The number of carbonyl (C=O) groups excluding carboxylic acids is 3. The van der Waals surface area contributed by atoms with Crippen LogP contribution in [-0.4, -0.2) is 23.0 Å². The molecular weight excluding hydrogens is 601 g/mol. The summed E-state index contributed by atoms with van der Waals surface area (Å²) in [7, 11) is 0. The third-order valence-electron chi connectivity index (χ3n) is 7.57. The number of hydrogen-bond acceptors (Lipinski definition) is 6. The summed E-state index contributed by atoms with van der Waals surface area (Å²) in [6, 6.07) is 25.9. The highest BCUT2D eigenvalue weighted by Crippen LogP contribution is 2.38. The van der Waals surface area contributed by atoms with Gasteiger partial charge in [0, 0.05) is 21.0 Å². The first-order valence-electron chi connectivity index (χ1n) is 14.9. The number of benzene rings is 3. The number of thiophene rings is 1. The molecule has 0 bridgehead atoms. The van der Waals surface area contributed by atoms with Crippen LogP contribution in [0.5, 0.6) is 0 Å². The van der Waals surface area contributed by atoms with Crippen LogP contribution >= 0.6 is 23.1 Å². The van der Waals surface area contributed by atoms with E-state index in [-0.39, 0.29) is 11.6 Å². The van der Waals surface area contributed by atoms with Crippen molar-refractivity contribution in [3.05, 3.63) is 117 Å². The summed E-state index contributed by atoms with van der Waals surface area (Å²) in [6.07, 6.45) is 6.25. The van der Waals surface area contributed by atoms with Gasteiger partial charge >= 0.3 is 0 Å². The number of rotatable bonds is 10. The molecule has 1 aliphatic carbocycles. The van der Waals surface area contributed by atoms with Gasteiger partial charge < -0.3 is 16.0 Å². The number of amides is 3. The van der Waals surface area contributed by atoms with Crippen LogP contribution in [0.2, 0.25) is 0 Å². The van der Waals surface area contributed by atoms with E-state index in [4.69, 9.17) is 0 Å². The quantitative estimate of drug-likeness (QED) is 0.122. The molecule has 228 valence electrons. The molecule has 0 aliphatic heterocycles. The molecular formula is C36H34N4O3S2. The Balaban J connectivity index is 1.31. The van der Waals surface area contributed by atoms with Gasteiger partial charge in [-0.1, -0.05) is 55.5 Å². The summed E-state index contributed by atoms with van der Waals surface area (Å²) < 4.78 is 0. The number of fused-ring (bicyclic) bond motifs is 1. The van der Waals surface area contributed by atoms with E-state index < -0.39 is 17.1 Å². The van der Waals surface area contributed by atoms with Gasteiger partial charge in [-0.25, -0.2) is 0 Å². The minimum Gasteiger partial charge on any atom is -0.321 e. The lowest BCUT2D eigenvalue weighted by atomic mass is 9.96. The van der Waals surface area contributed by atoms with Crippen LogP contribution in [0.15, 0.2) is 89.5 Å². The van der Waals surface area contributed by atoms with E-state index >= 15 is 0 Å². The van der Waals surface area contributed by atoms with Crippen molar-refractivity contribution in [3.63, 3.8) is 0 Å². The molecule has 0 radical (unpaired) electrons. The molecule has 1 aliphatic rings. The minimum atomic E-state index is -0.472. The van der Waals surface area contributed by atoms with Gasteiger partial charge in [0.15, 0.2) is 0 Å². The Morgan fingerprint density at radius 2 is 1.73 bits per heavy atom. The van der Waals surface area contributed by atoms with E-state index in [0.717, 1.165) is 47.3 Å². The maximum absolute atomic E-state index is 13.5. The third kappa shape index (κ3) is 7.90. The molecule has 0 spiro atoms. The highest BCUT2D eigenvalue weighted by atomic mass is 32.2. The molecule has 9 heteroatoms. The summed E-state index contributed by atoms with van der Waals surface area (Å²) in [5, 5.41) is 18.8. The highest BCUT2D eigenvalue weighted by molar-refractivity contribution is 8.00. The van der Waals surface area contributed by atoms with E-state index in [1.165, 1.54) is 28.0 Å². The number of thioether (sulfide) groups is 1. The van der Waals surface area contributed by atoms with Crippen LogP contribution in [0, 0.1) is 18.3 Å². The Labute approximate surface area is 271 Å². The molecule has 3 N–H and O–H groups in total. The number of nitrogens with zero attached hydrogens (tertiary/aromatic N) is 1. The fourth-order valence-electron chi connectivity index (χ4n) is 5.14. The van der Waals surface area contributed by atoms with Gasteiger partial charge in [-0.3, -0.25) is 14.4 Å². The van der Waals surface area contributed by atoms with Crippen LogP contribution < -0.4 is 16.0 Å². The lowest BCUT2D eigenvalue weighted by Crippen LogP contribution is -2.30. The van der Waals surface area contributed by atoms with E-state index in [0.29, 0.717) is 28.2 Å². The fraction of sp³-hybridized carbons (Fsp3) is 0.222. The Morgan fingerprint density at radius 3 is 2.49 bits per heavy atom. The van der Waals surface area contributed by atoms with Crippen molar-refractivity contribution in [2.75, 3.05) is 10.6 Å². The Hall–Kier alpha value is -4.65. The van der Waals surface area contributed by atoms with Crippen LogP contribution in [0.3, 0.4) is 0 Å². The average Bonchev–Trinajstić information content (AvgIpc) is 3.41. The fourth-order valence-corrected chi connectivity index (χ4v) is 7.40. The lowest BCUT2D eigenvalue weighted by Gasteiger charge is -2.16. The normalized spacial score (nSPS) is 13.2. The summed E-state index contributed by atoms with van der Waals surface area (Å²) in [5.41, 5.74) is 4.53. The number of nitriles is 1. The number of hydrogen-bond donors (Lipinski definition) is 3. The highest BCUT2D eigenvalue weighted by Gasteiger charge is 2.25. The van der Waals surface area contributed by atoms with Crippen LogP contribution in [0.4, 0.5) is 10.7 Å². The molecule has 3 amide bonds. The van der Waals surface area contributed by atoms with Gasteiger partial charge in [0.05, 0.1) is 10.8 Å². The topological polar surface area (TPSA) is 111 Å². The van der Waals surface area contributed by atoms with E-state index in [1.54, 1.807) is 36.4 Å².